The molecule has 0 unspecified atom stereocenters. The maximum atomic E-state index is 12.3. The van der Waals surface area contributed by atoms with Gasteiger partial charge in [-0.25, -0.2) is 0 Å². The molecular weight excluding hydrogens is 286 g/mol. The molecule has 2 saturated heterocycles. The van der Waals surface area contributed by atoms with Crippen LogP contribution in [-0.2, 0) is 4.79 Å². The highest BCUT2D eigenvalue weighted by Crippen LogP contribution is 2.21. The molecular formula is C19H30N3O+. The molecule has 0 saturated carbocycles. The van der Waals surface area contributed by atoms with Gasteiger partial charge in [-0.2, -0.15) is 0 Å². The fraction of sp³-hybridized carbons (Fsp3) is 0.632. The topological polar surface area (TPSA) is 36.8 Å². The van der Waals surface area contributed by atoms with Crippen LogP contribution in [0.15, 0.2) is 24.3 Å². The van der Waals surface area contributed by atoms with Gasteiger partial charge in [0.1, 0.15) is 0 Å². The molecule has 2 aliphatic rings. The van der Waals surface area contributed by atoms with E-state index in [2.05, 4.69) is 36.2 Å². The lowest BCUT2D eigenvalue weighted by molar-refractivity contribution is -0.904. The van der Waals surface area contributed by atoms with Crippen LogP contribution in [0.4, 0.5) is 11.4 Å². The van der Waals surface area contributed by atoms with Crippen LogP contribution in [0.25, 0.3) is 0 Å². The Hall–Kier alpha value is -1.55. The van der Waals surface area contributed by atoms with Gasteiger partial charge >= 0.3 is 0 Å². The van der Waals surface area contributed by atoms with Crippen LogP contribution in [0.3, 0.4) is 0 Å². The van der Waals surface area contributed by atoms with Gasteiger partial charge in [0.15, 0.2) is 6.54 Å². The normalized spacial score (nSPS) is 27.9. The number of anilines is 2. The van der Waals surface area contributed by atoms with E-state index >= 15 is 0 Å². The van der Waals surface area contributed by atoms with Crippen LogP contribution < -0.4 is 15.1 Å². The van der Waals surface area contributed by atoms with Gasteiger partial charge in [-0.3, -0.25) is 4.79 Å². The summed E-state index contributed by atoms with van der Waals surface area (Å²) in [6, 6.07) is 8.31. The minimum absolute atomic E-state index is 0.134. The molecule has 4 nitrogen and oxygen atoms in total. The lowest BCUT2D eigenvalue weighted by Gasteiger charge is -2.31. The summed E-state index contributed by atoms with van der Waals surface area (Å²) >= 11 is 0. The number of quaternary nitrogens is 1. The number of piperidine rings is 1. The van der Waals surface area contributed by atoms with Gasteiger partial charge in [0.05, 0.1) is 13.1 Å². The molecule has 1 amide bonds. The third-order valence-corrected chi connectivity index (χ3v) is 5.11. The Morgan fingerprint density at radius 1 is 1.13 bits per heavy atom. The molecule has 0 aromatic heterocycles. The molecule has 0 bridgehead atoms. The van der Waals surface area contributed by atoms with Crippen molar-refractivity contribution >= 4 is 17.3 Å². The predicted octanol–water partition coefficient (Wildman–Crippen LogP) is 1.79. The molecule has 0 spiro atoms. The van der Waals surface area contributed by atoms with Crippen molar-refractivity contribution in [2.45, 2.75) is 33.1 Å². The smallest absolute Gasteiger partial charge is 0.279 e. The molecule has 1 aromatic carbocycles. The largest absolute Gasteiger partial charge is 0.372 e. The number of hydrogen-bond acceptors (Lipinski definition) is 2. The average Bonchev–Trinajstić information content (AvgIpc) is 3.01. The summed E-state index contributed by atoms with van der Waals surface area (Å²) in [5.41, 5.74) is 2.18. The fourth-order valence-corrected chi connectivity index (χ4v) is 4.23. The second-order valence-corrected chi connectivity index (χ2v) is 7.57. The molecule has 2 atom stereocenters. The zero-order chi connectivity index (χ0) is 16.2. The Morgan fingerprint density at radius 3 is 2.35 bits per heavy atom. The molecule has 2 fully saturated rings. The van der Waals surface area contributed by atoms with Gasteiger partial charge in [0.2, 0.25) is 0 Å². The second-order valence-electron chi connectivity index (χ2n) is 7.57. The SMILES string of the molecule is C[C@@H]1C[C@@H](C)C[NH+](CC(=O)Nc2ccc(N3CCCC3)cc2)C1. The number of likely N-dealkylation sites (tertiary alicyclic amines) is 1. The van der Waals surface area contributed by atoms with Gasteiger partial charge < -0.3 is 15.1 Å². The van der Waals surface area contributed by atoms with Crippen LogP contribution >= 0.6 is 0 Å². The van der Waals surface area contributed by atoms with Crippen LogP contribution in [0.2, 0.25) is 0 Å². The Bertz CT molecular complexity index is 512. The van der Waals surface area contributed by atoms with Crippen molar-refractivity contribution in [3.8, 4) is 0 Å². The van der Waals surface area contributed by atoms with E-state index in [1.54, 1.807) is 0 Å². The molecule has 2 aliphatic heterocycles. The first-order valence-corrected chi connectivity index (χ1v) is 9.08. The van der Waals surface area contributed by atoms with E-state index in [4.69, 9.17) is 0 Å². The Morgan fingerprint density at radius 2 is 1.74 bits per heavy atom. The van der Waals surface area contributed by atoms with Crippen molar-refractivity contribution in [1.82, 2.24) is 0 Å². The number of hydrogen-bond donors (Lipinski definition) is 2. The van der Waals surface area contributed by atoms with E-state index in [0.717, 1.165) is 43.7 Å². The monoisotopic (exact) mass is 316 g/mol. The molecule has 2 N–H and O–H groups in total. The summed E-state index contributed by atoms with van der Waals surface area (Å²) in [6.07, 6.45) is 3.87. The highest BCUT2D eigenvalue weighted by molar-refractivity contribution is 5.91. The maximum absolute atomic E-state index is 12.3. The quantitative estimate of drug-likeness (QED) is 0.888. The molecule has 1 aromatic rings. The number of carbonyl (C=O) groups is 1. The highest BCUT2D eigenvalue weighted by Gasteiger charge is 2.26. The van der Waals surface area contributed by atoms with Crippen molar-refractivity contribution < 1.29 is 9.69 Å². The van der Waals surface area contributed by atoms with Crippen LogP contribution in [-0.4, -0.2) is 38.6 Å². The molecule has 0 aliphatic carbocycles. The number of nitrogens with zero attached hydrogens (tertiary/aromatic N) is 1. The Labute approximate surface area is 139 Å². The Balaban J connectivity index is 1.51. The van der Waals surface area contributed by atoms with Crippen molar-refractivity contribution in [2.24, 2.45) is 11.8 Å². The minimum atomic E-state index is 0.134. The zero-order valence-electron chi connectivity index (χ0n) is 14.5. The highest BCUT2D eigenvalue weighted by atomic mass is 16.2. The first-order valence-electron chi connectivity index (χ1n) is 9.08. The van der Waals surface area contributed by atoms with Crippen molar-refractivity contribution in [3.05, 3.63) is 24.3 Å². The predicted molar refractivity (Wildman–Crippen MR) is 95.0 cm³/mol. The van der Waals surface area contributed by atoms with Crippen molar-refractivity contribution in [3.63, 3.8) is 0 Å². The average molecular weight is 316 g/mol. The molecule has 23 heavy (non-hydrogen) atoms. The van der Waals surface area contributed by atoms with Gasteiger partial charge in [-0.15, -0.1) is 0 Å². The minimum Gasteiger partial charge on any atom is -0.372 e. The third-order valence-electron chi connectivity index (χ3n) is 5.11. The zero-order valence-corrected chi connectivity index (χ0v) is 14.5. The van der Waals surface area contributed by atoms with Gasteiger partial charge in [0, 0.05) is 36.3 Å². The van der Waals surface area contributed by atoms with Crippen molar-refractivity contribution in [2.75, 3.05) is 42.9 Å². The number of carbonyl (C=O) groups excluding carboxylic acids is 1. The summed E-state index contributed by atoms with van der Waals surface area (Å²) in [6.45, 7) is 9.72. The first kappa shape index (κ1) is 16.3. The number of amides is 1. The van der Waals surface area contributed by atoms with Crippen LogP contribution in [0, 0.1) is 11.8 Å². The Kier molecular flexibility index (Phi) is 5.21. The number of nitrogens with one attached hydrogen (secondary N) is 2. The van der Waals surface area contributed by atoms with Crippen LogP contribution in [0.5, 0.6) is 0 Å². The third kappa shape index (κ3) is 4.47. The molecule has 2 heterocycles. The lowest BCUT2D eigenvalue weighted by Crippen LogP contribution is -3.15. The molecule has 3 rings (SSSR count). The van der Waals surface area contributed by atoms with Gasteiger partial charge in [-0.1, -0.05) is 13.8 Å². The van der Waals surface area contributed by atoms with E-state index in [9.17, 15) is 4.79 Å². The maximum Gasteiger partial charge on any atom is 0.279 e. The van der Waals surface area contributed by atoms with Crippen LogP contribution in [0.1, 0.15) is 33.1 Å². The van der Waals surface area contributed by atoms with Gasteiger partial charge in [-0.05, 0) is 43.5 Å². The summed E-state index contributed by atoms with van der Waals surface area (Å²) in [5.74, 6) is 1.58. The second kappa shape index (κ2) is 7.35. The van der Waals surface area contributed by atoms with E-state index in [1.807, 2.05) is 12.1 Å². The lowest BCUT2D eigenvalue weighted by atomic mass is 9.92. The van der Waals surface area contributed by atoms with E-state index < -0.39 is 0 Å². The molecule has 4 heteroatoms. The summed E-state index contributed by atoms with van der Waals surface area (Å²) < 4.78 is 0. The summed E-state index contributed by atoms with van der Waals surface area (Å²) in [7, 11) is 0. The van der Waals surface area contributed by atoms with Gasteiger partial charge in [0.25, 0.3) is 5.91 Å². The van der Waals surface area contributed by atoms with E-state index in [-0.39, 0.29) is 5.91 Å². The van der Waals surface area contributed by atoms with E-state index in [0.29, 0.717) is 6.54 Å². The standard InChI is InChI=1S/C19H29N3O/c1-15-11-16(2)13-21(12-15)14-19(23)20-17-5-7-18(8-6-17)22-9-3-4-10-22/h5-8,15-16H,3-4,9-14H2,1-2H3,(H,20,23)/p+1/t15-,16-/m1/s1. The summed E-state index contributed by atoms with van der Waals surface area (Å²) in [4.78, 5) is 16.1. The number of benzene rings is 1. The van der Waals surface area contributed by atoms with E-state index in [1.165, 1.54) is 29.8 Å². The number of rotatable bonds is 4. The fourth-order valence-electron chi connectivity index (χ4n) is 4.23. The first-order chi connectivity index (χ1) is 11.1. The molecule has 126 valence electrons. The molecule has 0 radical (unpaired) electrons. The van der Waals surface area contributed by atoms with Crippen molar-refractivity contribution in [1.29, 1.82) is 0 Å². The summed E-state index contributed by atoms with van der Waals surface area (Å²) in [5, 5.41) is 3.06.